The second-order valence-corrected chi connectivity index (χ2v) is 4.82. The molecule has 0 aromatic heterocycles. The Morgan fingerprint density at radius 3 is 2.83 bits per heavy atom. The van der Waals surface area contributed by atoms with Crippen molar-refractivity contribution in [1.29, 1.82) is 0 Å². The highest BCUT2D eigenvalue weighted by Crippen LogP contribution is 2.29. The van der Waals surface area contributed by atoms with Crippen molar-refractivity contribution in [3.8, 4) is 0 Å². The van der Waals surface area contributed by atoms with Crippen molar-refractivity contribution in [3.05, 3.63) is 35.4 Å². The van der Waals surface area contributed by atoms with E-state index >= 15 is 0 Å². The van der Waals surface area contributed by atoms with E-state index in [1.807, 2.05) is 6.92 Å². The Hall–Kier alpha value is -1.29. The molecule has 1 aromatic carbocycles. The van der Waals surface area contributed by atoms with Gasteiger partial charge >= 0.3 is 0 Å². The van der Waals surface area contributed by atoms with Gasteiger partial charge in [0, 0.05) is 0 Å². The van der Waals surface area contributed by atoms with E-state index < -0.39 is 17.2 Å². The van der Waals surface area contributed by atoms with Gasteiger partial charge in [0.1, 0.15) is 11.6 Å². The summed E-state index contributed by atoms with van der Waals surface area (Å²) in [4.78, 5) is 12.5. The maximum absolute atomic E-state index is 13.7. The molecule has 1 aliphatic heterocycles. The molecule has 1 saturated heterocycles. The predicted octanol–water partition coefficient (Wildman–Crippen LogP) is 3.07. The maximum atomic E-state index is 13.7. The van der Waals surface area contributed by atoms with Crippen LogP contribution in [0.15, 0.2) is 18.2 Å². The van der Waals surface area contributed by atoms with E-state index in [1.165, 1.54) is 0 Å². The quantitative estimate of drug-likeness (QED) is 0.835. The number of halogens is 2. The number of ketones is 1. The minimum absolute atomic E-state index is 0.141. The molecular formula is C14H17F2NO. The average Bonchev–Trinajstić information content (AvgIpc) is 2.82. The largest absolute Gasteiger partial charge is 0.305 e. The van der Waals surface area contributed by atoms with Gasteiger partial charge in [-0.05, 0) is 44.0 Å². The van der Waals surface area contributed by atoms with Crippen molar-refractivity contribution in [3.63, 3.8) is 0 Å². The van der Waals surface area contributed by atoms with Gasteiger partial charge in [0.15, 0.2) is 5.78 Å². The van der Waals surface area contributed by atoms with Crippen LogP contribution >= 0.6 is 0 Å². The molecule has 98 valence electrons. The third kappa shape index (κ3) is 2.29. The molecule has 2 rings (SSSR count). The zero-order valence-electron chi connectivity index (χ0n) is 10.4. The predicted molar refractivity (Wildman–Crippen MR) is 65.6 cm³/mol. The van der Waals surface area contributed by atoms with Gasteiger partial charge in [-0.2, -0.15) is 0 Å². The molecule has 0 aliphatic carbocycles. The summed E-state index contributed by atoms with van der Waals surface area (Å²) in [7, 11) is 0. The van der Waals surface area contributed by atoms with Crippen LogP contribution < -0.4 is 5.32 Å². The third-order valence-corrected chi connectivity index (χ3v) is 3.53. The Labute approximate surface area is 105 Å². The van der Waals surface area contributed by atoms with Crippen molar-refractivity contribution in [2.45, 2.75) is 38.1 Å². The number of hydrogen-bond donors (Lipinski definition) is 1. The van der Waals surface area contributed by atoms with Gasteiger partial charge in [-0.25, -0.2) is 8.78 Å². The average molecular weight is 253 g/mol. The van der Waals surface area contributed by atoms with Crippen LogP contribution in [0, 0.1) is 11.6 Å². The van der Waals surface area contributed by atoms with Crippen LogP contribution in [0.3, 0.4) is 0 Å². The number of Topliss-reactive ketones (excluding diaryl/α,β-unsaturated/α-hetero) is 1. The van der Waals surface area contributed by atoms with E-state index in [1.54, 1.807) is 0 Å². The molecular weight excluding hydrogens is 236 g/mol. The molecule has 1 aromatic rings. The molecule has 1 heterocycles. The molecule has 1 atom stereocenters. The Balaban J connectivity index is 2.36. The van der Waals surface area contributed by atoms with Crippen molar-refractivity contribution in [2.75, 3.05) is 6.54 Å². The summed E-state index contributed by atoms with van der Waals surface area (Å²) in [6, 6.07) is 3.03. The summed E-state index contributed by atoms with van der Waals surface area (Å²) >= 11 is 0. The second kappa shape index (κ2) is 5.14. The molecule has 1 N–H and O–H groups in total. The van der Waals surface area contributed by atoms with Crippen LogP contribution in [-0.4, -0.2) is 17.9 Å². The zero-order chi connectivity index (χ0) is 13.2. The van der Waals surface area contributed by atoms with E-state index in [4.69, 9.17) is 0 Å². The van der Waals surface area contributed by atoms with Crippen LogP contribution in [0.2, 0.25) is 0 Å². The lowest BCUT2D eigenvalue weighted by Crippen LogP contribution is -2.47. The van der Waals surface area contributed by atoms with Crippen molar-refractivity contribution in [1.82, 2.24) is 5.32 Å². The van der Waals surface area contributed by atoms with Crippen LogP contribution in [0.1, 0.15) is 43.0 Å². The van der Waals surface area contributed by atoms with E-state index in [-0.39, 0.29) is 11.3 Å². The van der Waals surface area contributed by atoms with Gasteiger partial charge in [0.2, 0.25) is 0 Å². The first-order valence-corrected chi connectivity index (χ1v) is 6.34. The Morgan fingerprint density at radius 2 is 2.22 bits per heavy atom. The summed E-state index contributed by atoms with van der Waals surface area (Å²) in [6.45, 7) is 2.74. The normalized spacial score (nSPS) is 23.3. The molecule has 0 radical (unpaired) electrons. The van der Waals surface area contributed by atoms with Gasteiger partial charge in [-0.15, -0.1) is 0 Å². The Bertz CT molecular complexity index is 453. The van der Waals surface area contributed by atoms with E-state index in [2.05, 4.69) is 5.32 Å². The molecule has 1 fully saturated rings. The lowest BCUT2D eigenvalue weighted by Gasteiger charge is -2.27. The maximum Gasteiger partial charge on any atom is 0.185 e. The first kappa shape index (κ1) is 13.1. The molecule has 0 amide bonds. The smallest absolute Gasteiger partial charge is 0.185 e. The molecule has 0 bridgehead atoms. The number of nitrogens with one attached hydrogen (secondary N) is 1. The highest BCUT2D eigenvalue weighted by atomic mass is 19.1. The highest BCUT2D eigenvalue weighted by Gasteiger charge is 2.41. The van der Waals surface area contributed by atoms with Crippen LogP contribution in [-0.2, 0) is 0 Å². The zero-order valence-corrected chi connectivity index (χ0v) is 10.4. The number of rotatable bonds is 4. The number of benzene rings is 1. The van der Waals surface area contributed by atoms with Crippen molar-refractivity contribution in [2.24, 2.45) is 0 Å². The van der Waals surface area contributed by atoms with Crippen molar-refractivity contribution < 1.29 is 13.6 Å². The highest BCUT2D eigenvalue weighted by molar-refractivity contribution is 6.03. The molecule has 1 unspecified atom stereocenters. The van der Waals surface area contributed by atoms with Gasteiger partial charge in [0.25, 0.3) is 0 Å². The molecule has 0 spiro atoms. The fourth-order valence-electron chi connectivity index (χ4n) is 2.68. The topological polar surface area (TPSA) is 29.1 Å². The van der Waals surface area contributed by atoms with Crippen molar-refractivity contribution >= 4 is 5.78 Å². The summed E-state index contributed by atoms with van der Waals surface area (Å²) in [5.41, 5.74) is -0.846. The fraction of sp³-hybridized carbons (Fsp3) is 0.500. The minimum atomic E-state index is -0.705. The summed E-state index contributed by atoms with van der Waals surface area (Å²) in [6.07, 6.45) is 3.07. The standard InChI is InChI=1S/C14H17F2NO/c1-2-6-14(7-3-8-17-14)13(18)11-9-10(15)4-5-12(11)16/h4-5,9,17H,2-3,6-8H2,1H3. The minimum Gasteiger partial charge on any atom is -0.305 e. The Kier molecular flexibility index (Phi) is 3.76. The first-order valence-electron chi connectivity index (χ1n) is 6.34. The van der Waals surface area contributed by atoms with Gasteiger partial charge < -0.3 is 5.32 Å². The number of carbonyl (C=O) groups is 1. The summed E-state index contributed by atoms with van der Waals surface area (Å²) < 4.78 is 26.8. The van der Waals surface area contributed by atoms with E-state index in [0.717, 1.165) is 37.6 Å². The van der Waals surface area contributed by atoms with Crippen LogP contribution in [0.4, 0.5) is 8.78 Å². The fourth-order valence-corrected chi connectivity index (χ4v) is 2.68. The molecule has 2 nitrogen and oxygen atoms in total. The second-order valence-electron chi connectivity index (χ2n) is 4.82. The van der Waals surface area contributed by atoms with E-state index in [0.29, 0.717) is 12.8 Å². The monoisotopic (exact) mass is 253 g/mol. The third-order valence-electron chi connectivity index (χ3n) is 3.53. The summed E-state index contributed by atoms with van der Waals surface area (Å²) in [5, 5.41) is 3.18. The van der Waals surface area contributed by atoms with Gasteiger partial charge in [0.05, 0.1) is 11.1 Å². The Morgan fingerprint density at radius 1 is 1.44 bits per heavy atom. The van der Waals surface area contributed by atoms with Crippen LogP contribution in [0.5, 0.6) is 0 Å². The van der Waals surface area contributed by atoms with Crippen LogP contribution in [0.25, 0.3) is 0 Å². The lowest BCUT2D eigenvalue weighted by molar-refractivity contribution is 0.0853. The number of carbonyl (C=O) groups excluding carboxylic acids is 1. The van der Waals surface area contributed by atoms with Gasteiger partial charge in [-0.3, -0.25) is 4.79 Å². The molecule has 1 aliphatic rings. The van der Waals surface area contributed by atoms with Gasteiger partial charge in [-0.1, -0.05) is 13.3 Å². The summed E-state index contributed by atoms with van der Waals surface area (Å²) in [5.74, 6) is -1.55. The first-order chi connectivity index (χ1) is 8.59. The van der Waals surface area contributed by atoms with E-state index in [9.17, 15) is 13.6 Å². The SMILES string of the molecule is CCCC1(C(=O)c2cc(F)ccc2F)CCCN1. The lowest BCUT2D eigenvalue weighted by atomic mass is 9.84. The molecule has 4 heteroatoms. The molecule has 0 saturated carbocycles. The number of hydrogen-bond acceptors (Lipinski definition) is 2. The molecule has 18 heavy (non-hydrogen) atoms.